The quantitative estimate of drug-likeness (QED) is 0.840. The fourth-order valence-corrected chi connectivity index (χ4v) is 2.32. The summed E-state index contributed by atoms with van der Waals surface area (Å²) < 4.78 is 5.72. The van der Waals surface area contributed by atoms with Crippen LogP contribution in [0.3, 0.4) is 0 Å². The van der Waals surface area contributed by atoms with Crippen molar-refractivity contribution >= 4 is 11.7 Å². The van der Waals surface area contributed by atoms with E-state index in [-0.39, 0.29) is 18.6 Å². The highest BCUT2D eigenvalue weighted by atomic mass is 16.5. The molecule has 0 aliphatic rings. The van der Waals surface area contributed by atoms with Gasteiger partial charge in [0.1, 0.15) is 23.3 Å². The Morgan fingerprint density at radius 3 is 2.72 bits per heavy atom. The van der Waals surface area contributed by atoms with Crippen LogP contribution < -0.4 is 10.1 Å². The molecule has 1 aromatic carbocycles. The minimum Gasteiger partial charge on any atom is -0.483 e. The third-order valence-electron chi connectivity index (χ3n) is 3.74. The lowest BCUT2D eigenvalue weighted by Crippen LogP contribution is -2.28. The number of nitrogens with one attached hydrogen (secondary N) is 1. The number of carbonyl (C=O) groups is 1. The van der Waals surface area contributed by atoms with Crippen molar-refractivity contribution in [3.05, 3.63) is 53.7 Å². The van der Waals surface area contributed by atoms with Crippen LogP contribution in [0, 0.1) is 11.3 Å². The van der Waals surface area contributed by atoms with Gasteiger partial charge in [0.05, 0.1) is 6.04 Å². The van der Waals surface area contributed by atoms with E-state index in [1.54, 1.807) is 26.2 Å². The zero-order chi connectivity index (χ0) is 18.2. The number of rotatable bonds is 7. The van der Waals surface area contributed by atoms with Crippen LogP contribution in [0.2, 0.25) is 0 Å². The average Bonchev–Trinajstić information content (AvgIpc) is 2.64. The molecule has 0 saturated carbocycles. The Morgan fingerprint density at radius 1 is 1.28 bits per heavy atom. The van der Waals surface area contributed by atoms with E-state index in [4.69, 9.17) is 10.00 Å². The number of anilines is 1. The number of likely N-dealkylation sites (N-methyl/N-ethyl adjacent to an activating group) is 1. The normalized spacial score (nSPS) is 11.3. The summed E-state index contributed by atoms with van der Waals surface area (Å²) >= 11 is 0. The van der Waals surface area contributed by atoms with Gasteiger partial charge in [0.25, 0.3) is 5.91 Å². The standard InChI is InChI=1S/C19H22N4O2/c1-4-16(22-18-11-7-8-14(12-20)21-18)15-9-5-6-10-17(15)25-13-19(24)23(2)3/h5-11,16H,4,13H2,1-3H3,(H,21,22). The topological polar surface area (TPSA) is 78.2 Å². The zero-order valence-corrected chi connectivity index (χ0v) is 14.7. The van der Waals surface area contributed by atoms with Gasteiger partial charge in [-0.25, -0.2) is 4.98 Å². The second-order valence-electron chi connectivity index (χ2n) is 5.74. The molecule has 6 heteroatoms. The molecule has 2 aromatic rings. The molecule has 1 heterocycles. The van der Waals surface area contributed by atoms with E-state index in [0.717, 1.165) is 12.0 Å². The molecule has 0 radical (unpaired) electrons. The maximum atomic E-state index is 11.8. The van der Waals surface area contributed by atoms with Crippen molar-refractivity contribution in [1.29, 1.82) is 5.26 Å². The van der Waals surface area contributed by atoms with E-state index in [0.29, 0.717) is 17.3 Å². The fourth-order valence-electron chi connectivity index (χ4n) is 2.32. The minimum absolute atomic E-state index is 0.0113. The van der Waals surface area contributed by atoms with E-state index < -0.39 is 0 Å². The van der Waals surface area contributed by atoms with Crippen LogP contribution in [0.25, 0.3) is 0 Å². The van der Waals surface area contributed by atoms with E-state index >= 15 is 0 Å². The highest BCUT2D eigenvalue weighted by Gasteiger charge is 2.16. The number of ether oxygens (including phenoxy) is 1. The predicted molar refractivity (Wildman–Crippen MR) is 96.2 cm³/mol. The predicted octanol–water partition coefficient (Wildman–Crippen LogP) is 2.98. The summed E-state index contributed by atoms with van der Waals surface area (Å²) in [7, 11) is 3.39. The van der Waals surface area contributed by atoms with Gasteiger partial charge in [-0.3, -0.25) is 4.79 Å². The molecule has 0 spiro atoms. The van der Waals surface area contributed by atoms with Crippen LogP contribution >= 0.6 is 0 Å². The second kappa shape index (κ2) is 8.69. The molecule has 1 amide bonds. The number of para-hydroxylation sites is 1. The van der Waals surface area contributed by atoms with Crippen LogP contribution in [0.4, 0.5) is 5.82 Å². The number of benzene rings is 1. The van der Waals surface area contributed by atoms with Gasteiger partial charge in [0, 0.05) is 19.7 Å². The van der Waals surface area contributed by atoms with Crippen molar-refractivity contribution < 1.29 is 9.53 Å². The summed E-state index contributed by atoms with van der Waals surface area (Å²) in [6.45, 7) is 2.04. The van der Waals surface area contributed by atoms with Crippen LogP contribution in [-0.4, -0.2) is 36.5 Å². The minimum atomic E-state index is -0.0980. The number of nitriles is 1. The maximum Gasteiger partial charge on any atom is 0.259 e. The summed E-state index contributed by atoms with van der Waals surface area (Å²) in [4.78, 5) is 17.5. The Labute approximate surface area is 148 Å². The van der Waals surface area contributed by atoms with Crippen molar-refractivity contribution in [1.82, 2.24) is 9.88 Å². The first-order chi connectivity index (χ1) is 12.0. The average molecular weight is 338 g/mol. The Kier molecular flexibility index (Phi) is 6.35. The van der Waals surface area contributed by atoms with Crippen LogP contribution in [0.1, 0.15) is 30.6 Å². The van der Waals surface area contributed by atoms with Gasteiger partial charge >= 0.3 is 0 Å². The number of nitrogens with zero attached hydrogens (tertiary/aromatic N) is 3. The Hall–Kier alpha value is -3.07. The smallest absolute Gasteiger partial charge is 0.259 e. The fraction of sp³-hybridized carbons (Fsp3) is 0.316. The molecule has 6 nitrogen and oxygen atoms in total. The van der Waals surface area contributed by atoms with Gasteiger partial charge in [-0.1, -0.05) is 31.2 Å². The highest BCUT2D eigenvalue weighted by Crippen LogP contribution is 2.29. The van der Waals surface area contributed by atoms with Crippen LogP contribution in [0.15, 0.2) is 42.5 Å². The number of hydrogen-bond donors (Lipinski definition) is 1. The molecule has 1 unspecified atom stereocenters. The summed E-state index contributed by atoms with van der Waals surface area (Å²) in [5.41, 5.74) is 1.31. The van der Waals surface area contributed by atoms with E-state index in [9.17, 15) is 4.79 Å². The molecule has 1 N–H and O–H groups in total. The van der Waals surface area contributed by atoms with Crippen molar-refractivity contribution in [3.63, 3.8) is 0 Å². The van der Waals surface area contributed by atoms with E-state index in [1.807, 2.05) is 43.3 Å². The Balaban J connectivity index is 2.19. The second-order valence-corrected chi connectivity index (χ2v) is 5.74. The van der Waals surface area contributed by atoms with Gasteiger partial charge in [-0.2, -0.15) is 5.26 Å². The number of pyridine rings is 1. The lowest BCUT2D eigenvalue weighted by Gasteiger charge is -2.21. The number of aromatic nitrogens is 1. The first kappa shape index (κ1) is 18.3. The summed E-state index contributed by atoms with van der Waals surface area (Å²) in [5.74, 6) is 1.19. The lowest BCUT2D eigenvalue weighted by atomic mass is 10.0. The van der Waals surface area contributed by atoms with Crippen LogP contribution in [-0.2, 0) is 4.79 Å². The summed E-state index contributed by atoms with van der Waals surface area (Å²) in [6.07, 6.45) is 0.792. The number of amides is 1. The Morgan fingerprint density at radius 2 is 2.04 bits per heavy atom. The summed E-state index contributed by atoms with van der Waals surface area (Å²) in [5, 5.41) is 12.3. The molecule has 0 aliphatic heterocycles. The lowest BCUT2D eigenvalue weighted by molar-refractivity contribution is -0.130. The van der Waals surface area contributed by atoms with Gasteiger partial charge in [0.15, 0.2) is 6.61 Å². The molecular formula is C19H22N4O2. The van der Waals surface area contributed by atoms with E-state index in [1.165, 1.54) is 4.90 Å². The molecule has 0 aliphatic carbocycles. The first-order valence-electron chi connectivity index (χ1n) is 8.10. The molecule has 130 valence electrons. The van der Waals surface area contributed by atoms with Crippen molar-refractivity contribution in [2.24, 2.45) is 0 Å². The third-order valence-corrected chi connectivity index (χ3v) is 3.74. The molecule has 25 heavy (non-hydrogen) atoms. The van der Waals surface area contributed by atoms with Crippen molar-refractivity contribution in [2.45, 2.75) is 19.4 Å². The SMILES string of the molecule is CCC(Nc1cccc(C#N)n1)c1ccccc1OCC(=O)N(C)C. The molecule has 0 fully saturated rings. The third kappa shape index (κ3) is 4.95. The van der Waals surface area contributed by atoms with Gasteiger partial charge in [-0.05, 0) is 24.6 Å². The number of hydrogen-bond acceptors (Lipinski definition) is 5. The zero-order valence-electron chi connectivity index (χ0n) is 14.7. The molecular weight excluding hydrogens is 316 g/mol. The molecule has 1 atom stereocenters. The largest absolute Gasteiger partial charge is 0.483 e. The molecule has 1 aromatic heterocycles. The van der Waals surface area contributed by atoms with Gasteiger partial charge in [-0.15, -0.1) is 0 Å². The summed E-state index contributed by atoms with van der Waals surface area (Å²) in [6, 6.07) is 14.9. The highest BCUT2D eigenvalue weighted by molar-refractivity contribution is 5.77. The van der Waals surface area contributed by atoms with Crippen LogP contribution in [0.5, 0.6) is 5.75 Å². The van der Waals surface area contributed by atoms with Crippen molar-refractivity contribution in [3.8, 4) is 11.8 Å². The monoisotopic (exact) mass is 338 g/mol. The van der Waals surface area contributed by atoms with E-state index in [2.05, 4.69) is 10.3 Å². The number of carbonyl (C=O) groups excluding carboxylic acids is 1. The van der Waals surface area contributed by atoms with Crippen molar-refractivity contribution in [2.75, 3.05) is 26.0 Å². The molecule has 2 rings (SSSR count). The van der Waals surface area contributed by atoms with Gasteiger partial charge in [0.2, 0.25) is 0 Å². The maximum absolute atomic E-state index is 11.8. The van der Waals surface area contributed by atoms with Gasteiger partial charge < -0.3 is 15.0 Å². The molecule has 0 bridgehead atoms. The first-order valence-corrected chi connectivity index (χ1v) is 8.10. The molecule has 0 saturated heterocycles. The Bertz CT molecular complexity index is 768.